The Morgan fingerprint density at radius 2 is 0.841 bits per heavy atom. The molecule has 0 saturated carbocycles. The highest BCUT2D eigenvalue weighted by Crippen LogP contribution is 2.35. The van der Waals surface area contributed by atoms with E-state index in [0.717, 1.165) is 44.3 Å². The van der Waals surface area contributed by atoms with Gasteiger partial charge in [-0.2, -0.15) is 0 Å². The van der Waals surface area contributed by atoms with Crippen molar-refractivity contribution in [3.63, 3.8) is 0 Å². The third kappa shape index (κ3) is 6.03. The molecule has 12 rings (SSSR count). The first-order valence-corrected chi connectivity index (χ1v) is 23.3. The van der Waals surface area contributed by atoms with Gasteiger partial charge in [0.25, 0.3) is 0 Å². The lowest BCUT2D eigenvalue weighted by Crippen LogP contribution is -2.74. The van der Waals surface area contributed by atoms with Gasteiger partial charge in [-0.05, 0) is 63.2 Å². The van der Waals surface area contributed by atoms with Gasteiger partial charge in [0.2, 0.25) is 0 Å². The Kier molecular flexibility index (Phi) is 8.76. The molecule has 0 fully saturated rings. The van der Waals surface area contributed by atoms with E-state index in [4.69, 9.17) is 19.4 Å². The number of fused-ring (bicyclic) bond motifs is 6. The molecule has 5 nitrogen and oxygen atoms in total. The van der Waals surface area contributed by atoms with Gasteiger partial charge in [-0.3, -0.25) is 0 Å². The summed E-state index contributed by atoms with van der Waals surface area (Å²) in [5.74, 6) is 1.83. The molecule has 0 amide bonds. The molecule has 0 radical (unpaired) electrons. The number of hydrogen-bond acceptors (Lipinski definition) is 4. The number of rotatable bonds is 8. The first-order valence-electron chi connectivity index (χ1n) is 21.3. The fourth-order valence-corrected chi connectivity index (χ4v) is 14.6. The third-order valence-electron chi connectivity index (χ3n) is 12.4. The van der Waals surface area contributed by atoms with Crippen LogP contribution in [0.25, 0.3) is 83.6 Å². The van der Waals surface area contributed by atoms with E-state index in [1.807, 2.05) is 60.7 Å². The summed E-state index contributed by atoms with van der Waals surface area (Å²) in [6.07, 6.45) is 0. The van der Waals surface area contributed by atoms with Crippen molar-refractivity contribution in [2.75, 3.05) is 0 Å². The summed E-state index contributed by atoms with van der Waals surface area (Å²) in [7, 11) is -3.10. The van der Waals surface area contributed by atoms with Crippen molar-refractivity contribution >= 4 is 72.6 Å². The molecule has 0 aliphatic carbocycles. The van der Waals surface area contributed by atoms with Gasteiger partial charge < -0.3 is 8.98 Å². The van der Waals surface area contributed by atoms with Crippen LogP contribution in [-0.2, 0) is 0 Å². The van der Waals surface area contributed by atoms with Crippen LogP contribution in [0.2, 0.25) is 0 Å². The number of hydrogen-bond donors (Lipinski definition) is 0. The molecule has 0 atom stereocenters. The Labute approximate surface area is 365 Å². The lowest BCUT2D eigenvalue weighted by atomic mass is 10.1. The zero-order valence-electron chi connectivity index (χ0n) is 34.1. The quantitative estimate of drug-likeness (QED) is 0.113. The smallest absolute Gasteiger partial charge is 0.180 e. The van der Waals surface area contributed by atoms with E-state index in [1.165, 1.54) is 42.6 Å². The second kappa shape index (κ2) is 15.1. The van der Waals surface area contributed by atoms with Crippen molar-refractivity contribution < 1.29 is 4.42 Å². The minimum atomic E-state index is -3.10. The second-order valence-electron chi connectivity index (χ2n) is 15.9. The second-order valence-corrected chi connectivity index (χ2v) is 19.7. The highest BCUT2D eigenvalue weighted by Gasteiger charge is 2.43. The van der Waals surface area contributed by atoms with Crippen molar-refractivity contribution in [2.45, 2.75) is 0 Å². The van der Waals surface area contributed by atoms with Crippen molar-refractivity contribution in [3.8, 4) is 39.9 Å². The molecule has 0 bridgehead atoms. The van der Waals surface area contributed by atoms with Gasteiger partial charge in [0, 0.05) is 43.9 Å². The molecule has 6 heteroatoms. The maximum atomic E-state index is 6.91. The summed E-state index contributed by atoms with van der Waals surface area (Å²) in [4.78, 5) is 15.0. The van der Waals surface area contributed by atoms with Crippen LogP contribution in [0.15, 0.2) is 235 Å². The highest BCUT2D eigenvalue weighted by molar-refractivity contribution is 7.20. The van der Waals surface area contributed by atoms with Gasteiger partial charge in [0.15, 0.2) is 25.5 Å². The van der Waals surface area contributed by atoms with Crippen LogP contribution < -0.4 is 20.7 Å². The van der Waals surface area contributed by atoms with E-state index >= 15 is 0 Å². The molecule has 12 aromatic rings. The first-order chi connectivity index (χ1) is 31.2. The van der Waals surface area contributed by atoms with Crippen molar-refractivity contribution in [1.29, 1.82) is 0 Å². The normalized spacial score (nSPS) is 11.8. The van der Waals surface area contributed by atoms with Crippen molar-refractivity contribution in [1.82, 2.24) is 19.5 Å². The molecule has 0 aliphatic heterocycles. The molecule has 0 aliphatic rings. The lowest BCUT2D eigenvalue weighted by Gasteiger charge is -2.35. The Morgan fingerprint density at radius 1 is 0.349 bits per heavy atom. The fraction of sp³-hybridized carbons (Fsp3) is 0. The number of aromatic nitrogens is 4. The van der Waals surface area contributed by atoms with E-state index < -0.39 is 8.07 Å². The van der Waals surface area contributed by atoms with Gasteiger partial charge in [0.1, 0.15) is 11.2 Å². The van der Waals surface area contributed by atoms with Crippen LogP contribution in [0.4, 0.5) is 0 Å². The minimum absolute atomic E-state index is 0.587. The van der Waals surface area contributed by atoms with Gasteiger partial charge in [-0.1, -0.05) is 188 Å². The van der Waals surface area contributed by atoms with Crippen LogP contribution in [0.1, 0.15) is 0 Å². The molecule has 296 valence electrons. The number of benzene rings is 9. The summed E-state index contributed by atoms with van der Waals surface area (Å²) in [5, 5.41) is 9.78. The predicted molar refractivity (Wildman–Crippen MR) is 261 cm³/mol. The minimum Gasteiger partial charge on any atom is -0.456 e. The van der Waals surface area contributed by atoms with E-state index in [-0.39, 0.29) is 0 Å². The average molecular weight is 823 g/mol. The Hall–Kier alpha value is -8.19. The average Bonchev–Trinajstić information content (AvgIpc) is 3.91. The van der Waals surface area contributed by atoms with Gasteiger partial charge >= 0.3 is 0 Å². The molecule has 0 N–H and O–H groups in total. The molecular formula is C57H38N4OSi. The van der Waals surface area contributed by atoms with E-state index in [0.29, 0.717) is 17.5 Å². The summed E-state index contributed by atoms with van der Waals surface area (Å²) in [6, 6.07) is 82.2. The largest absolute Gasteiger partial charge is 0.456 e. The van der Waals surface area contributed by atoms with E-state index in [1.54, 1.807) is 0 Å². The molecule has 0 saturated heterocycles. The van der Waals surface area contributed by atoms with Crippen LogP contribution in [0, 0.1) is 0 Å². The van der Waals surface area contributed by atoms with Gasteiger partial charge in [-0.25, -0.2) is 15.0 Å². The molecular weight excluding hydrogens is 785 g/mol. The molecule has 63 heavy (non-hydrogen) atoms. The maximum absolute atomic E-state index is 6.91. The van der Waals surface area contributed by atoms with Crippen molar-refractivity contribution in [3.05, 3.63) is 231 Å². The predicted octanol–water partition coefficient (Wildman–Crippen LogP) is 11.2. The monoisotopic (exact) mass is 822 g/mol. The van der Waals surface area contributed by atoms with Crippen LogP contribution in [0.5, 0.6) is 0 Å². The summed E-state index contributed by atoms with van der Waals surface area (Å²) in [5.41, 5.74) is 7.83. The van der Waals surface area contributed by atoms with Crippen LogP contribution >= 0.6 is 0 Å². The molecule has 0 unspecified atom stereocenters. The topological polar surface area (TPSA) is 56.7 Å². The summed E-state index contributed by atoms with van der Waals surface area (Å²) in [6.45, 7) is 0. The zero-order chi connectivity index (χ0) is 41.7. The Bertz CT molecular complexity index is 3470. The van der Waals surface area contributed by atoms with Gasteiger partial charge in [0.05, 0.1) is 11.0 Å². The number of furan rings is 1. The van der Waals surface area contributed by atoms with E-state index in [9.17, 15) is 0 Å². The SMILES string of the molecule is c1ccc(-c2nc(-c3ccccc3)nc(-c3ccc4c(c3)oc3cccc([Si](c5ccccc5)(c5ccccc5)c5cccc(-n6c7ccccc7c7ccccc76)c5)c34)n2)cc1. The fourth-order valence-electron chi connectivity index (χ4n) is 9.64. The zero-order valence-corrected chi connectivity index (χ0v) is 35.1. The number of para-hydroxylation sites is 2. The van der Waals surface area contributed by atoms with E-state index in [2.05, 4.69) is 174 Å². The summed E-state index contributed by atoms with van der Waals surface area (Å²) < 4.78 is 9.34. The Balaban J connectivity index is 1.10. The lowest BCUT2D eigenvalue weighted by molar-refractivity contribution is 0.669. The molecule has 3 aromatic heterocycles. The first kappa shape index (κ1) is 36.6. The molecule has 9 aromatic carbocycles. The van der Waals surface area contributed by atoms with Crippen molar-refractivity contribution in [2.24, 2.45) is 0 Å². The van der Waals surface area contributed by atoms with Gasteiger partial charge in [-0.15, -0.1) is 0 Å². The Morgan fingerprint density at radius 3 is 1.43 bits per heavy atom. The maximum Gasteiger partial charge on any atom is 0.180 e. The highest BCUT2D eigenvalue weighted by atomic mass is 28.3. The summed E-state index contributed by atoms with van der Waals surface area (Å²) >= 11 is 0. The van der Waals surface area contributed by atoms with Crippen LogP contribution in [0.3, 0.4) is 0 Å². The van der Waals surface area contributed by atoms with Crippen LogP contribution in [-0.4, -0.2) is 27.6 Å². The standard InChI is InChI=1S/C57H38N4OSi/c1-5-19-39(20-6-1)55-58-56(40-21-7-2-8-22-40)60-57(59-55)41-35-36-48-52(37-41)62-51-33-18-34-53(54(48)51)63(43-24-9-3-10-25-43,44-26-11-4-12-27-44)45-28-17-23-42(38-45)61-49-31-15-13-29-46(49)47-30-14-16-32-50(47)61/h1-38H. The third-order valence-corrected chi connectivity index (χ3v) is 17.2. The molecule has 3 heterocycles. The number of nitrogens with zero attached hydrogens (tertiary/aromatic N) is 4. The molecule has 0 spiro atoms.